The van der Waals surface area contributed by atoms with E-state index in [1.165, 1.54) is 19.2 Å². The number of carbonyl (C=O) groups excluding carboxylic acids is 2. The summed E-state index contributed by atoms with van der Waals surface area (Å²) in [6.45, 7) is 1.49. The molecular formula is C20H15F2N3O2. The predicted molar refractivity (Wildman–Crippen MR) is 98.3 cm³/mol. The zero-order chi connectivity index (χ0) is 19.4. The number of amides is 1. The molecule has 0 spiro atoms. The van der Waals surface area contributed by atoms with Crippen LogP contribution in [0.15, 0.2) is 60.8 Å². The molecule has 2 aromatic carbocycles. The van der Waals surface area contributed by atoms with Crippen molar-refractivity contribution in [1.82, 2.24) is 4.98 Å². The summed E-state index contributed by atoms with van der Waals surface area (Å²) in [5, 5.41) is 5.53. The standard InChI is InChI=1S/C20H15F2N3O2/c1-12(26)13-2-5-15(6-3-13)24-19-9-4-14(11-23-19)20(27)25-16-7-8-17(21)18(22)10-16/h2-11H,1H3,(H,23,24)(H,25,27). The fourth-order valence-electron chi connectivity index (χ4n) is 2.32. The first-order valence-corrected chi connectivity index (χ1v) is 8.03. The van der Waals surface area contributed by atoms with Crippen molar-refractivity contribution in [1.29, 1.82) is 0 Å². The number of nitrogens with one attached hydrogen (secondary N) is 2. The highest BCUT2D eigenvalue weighted by Crippen LogP contribution is 2.17. The molecule has 0 radical (unpaired) electrons. The van der Waals surface area contributed by atoms with Gasteiger partial charge in [0.15, 0.2) is 17.4 Å². The van der Waals surface area contributed by atoms with E-state index in [4.69, 9.17) is 0 Å². The molecular weight excluding hydrogens is 352 g/mol. The van der Waals surface area contributed by atoms with Crippen molar-refractivity contribution in [2.45, 2.75) is 6.92 Å². The van der Waals surface area contributed by atoms with Gasteiger partial charge in [0.2, 0.25) is 0 Å². The van der Waals surface area contributed by atoms with Gasteiger partial charge in [-0.05, 0) is 55.5 Å². The van der Waals surface area contributed by atoms with E-state index in [0.717, 1.165) is 17.8 Å². The number of Topliss-reactive ketones (excluding diaryl/α,β-unsaturated/α-hetero) is 1. The van der Waals surface area contributed by atoms with Gasteiger partial charge >= 0.3 is 0 Å². The van der Waals surface area contributed by atoms with E-state index in [1.807, 2.05) is 0 Å². The quantitative estimate of drug-likeness (QED) is 0.649. The first kappa shape index (κ1) is 18.2. The van der Waals surface area contributed by atoms with Crippen molar-refractivity contribution >= 4 is 28.9 Å². The van der Waals surface area contributed by atoms with Crippen LogP contribution < -0.4 is 10.6 Å². The lowest BCUT2D eigenvalue weighted by Crippen LogP contribution is -2.12. The third kappa shape index (κ3) is 4.52. The van der Waals surface area contributed by atoms with Crippen molar-refractivity contribution in [2.75, 3.05) is 10.6 Å². The maximum absolute atomic E-state index is 13.2. The van der Waals surface area contributed by atoms with Crippen LogP contribution in [-0.4, -0.2) is 16.7 Å². The Morgan fingerprint density at radius 1 is 0.852 bits per heavy atom. The number of anilines is 3. The summed E-state index contributed by atoms with van der Waals surface area (Å²) in [7, 11) is 0. The lowest BCUT2D eigenvalue weighted by Gasteiger charge is -2.08. The van der Waals surface area contributed by atoms with Gasteiger partial charge in [-0.2, -0.15) is 0 Å². The Bertz CT molecular complexity index is 987. The van der Waals surface area contributed by atoms with Gasteiger partial charge in [-0.1, -0.05) is 0 Å². The van der Waals surface area contributed by atoms with Gasteiger partial charge in [-0.3, -0.25) is 9.59 Å². The largest absolute Gasteiger partial charge is 0.340 e. The Morgan fingerprint density at radius 2 is 1.52 bits per heavy atom. The minimum Gasteiger partial charge on any atom is -0.340 e. The average Bonchev–Trinajstić information content (AvgIpc) is 2.66. The molecule has 0 unspecified atom stereocenters. The number of rotatable bonds is 5. The van der Waals surface area contributed by atoms with E-state index in [1.54, 1.807) is 36.4 Å². The van der Waals surface area contributed by atoms with Crippen LogP contribution in [0.2, 0.25) is 0 Å². The molecule has 136 valence electrons. The summed E-state index contributed by atoms with van der Waals surface area (Å²) in [5.74, 6) is -2.03. The minimum absolute atomic E-state index is 0.0175. The van der Waals surface area contributed by atoms with Gasteiger partial charge in [0.1, 0.15) is 5.82 Å². The number of ketones is 1. The van der Waals surface area contributed by atoms with Crippen LogP contribution >= 0.6 is 0 Å². The molecule has 0 saturated heterocycles. The molecule has 0 bridgehead atoms. The van der Waals surface area contributed by atoms with E-state index in [0.29, 0.717) is 11.4 Å². The summed E-state index contributed by atoms with van der Waals surface area (Å²) in [6, 6.07) is 13.2. The highest BCUT2D eigenvalue weighted by Gasteiger charge is 2.09. The van der Waals surface area contributed by atoms with Gasteiger partial charge in [0.25, 0.3) is 5.91 Å². The fourth-order valence-corrected chi connectivity index (χ4v) is 2.32. The summed E-state index contributed by atoms with van der Waals surface area (Å²) < 4.78 is 26.1. The highest BCUT2D eigenvalue weighted by atomic mass is 19.2. The van der Waals surface area contributed by atoms with Crippen molar-refractivity contribution in [2.24, 2.45) is 0 Å². The van der Waals surface area contributed by atoms with E-state index >= 15 is 0 Å². The molecule has 0 saturated carbocycles. The maximum atomic E-state index is 13.2. The maximum Gasteiger partial charge on any atom is 0.257 e. The summed E-state index contributed by atoms with van der Waals surface area (Å²) in [5.41, 5.74) is 1.76. The molecule has 5 nitrogen and oxygen atoms in total. The third-order valence-electron chi connectivity index (χ3n) is 3.77. The van der Waals surface area contributed by atoms with Crippen LogP contribution in [0.25, 0.3) is 0 Å². The Balaban J connectivity index is 1.66. The number of halogens is 2. The molecule has 0 fully saturated rings. The third-order valence-corrected chi connectivity index (χ3v) is 3.77. The minimum atomic E-state index is -1.04. The first-order valence-electron chi connectivity index (χ1n) is 8.03. The van der Waals surface area contributed by atoms with Crippen LogP contribution in [0.3, 0.4) is 0 Å². The molecule has 3 aromatic rings. The van der Waals surface area contributed by atoms with E-state index in [9.17, 15) is 18.4 Å². The van der Waals surface area contributed by atoms with Gasteiger partial charge in [-0.15, -0.1) is 0 Å². The van der Waals surface area contributed by atoms with Crippen LogP contribution in [0, 0.1) is 11.6 Å². The number of hydrogen-bond acceptors (Lipinski definition) is 4. The predicted octanol–water partition coefficient (Wildman–Crippen LogP) is 4.56. The number of aromatic nitrogens is 1. The Hall–Kier alpha value is -3.61. The smallest absolute Gasteiger partial charge is 0.257 e. The molecule has 27 heavy (non-hydrogen) atoms. The lowest BCUT2D eigenvalue weighted by atomic mass is 10.1. The molecule has 2 N–H and O–H groups in total. The normalized spacial score (nSPS) is 10.3. The second-order valence-electron chi connectivity index (χ2n) is 5.77. The van der Waals surface area contributed by atoms with Gasteiger partial charge in [0, 0.05) is 29.2 Å². The zero-order valence-corrected chi connectivity index (χ0v) is 14.3. The topological polar surface area (TPSA) is 71.1 Å². The van der Waals surface area contributed by atoms with E-state index < -0.39 is 17.5 Å². The lowest BCUT2D eigenvalue weighted by molar-refractivity contribution is 0.101. The van der Waals surface area contributed by atoms with Crippen LogP contribution in [0.1, 0.15) is 27.6 Å². The Morgan fingerprint density at radius 3 is 2.11 bits per heavy atom. The number of pyridine rings is 1. The molecule has 1 amide bonds. The first-order chi connectivity index (χ1) is 12.9. The van der Waals surface area contributed by atoms with Crippen molar-refractivity contribution in [3.05, 3.63) is 83.6 Å². The number of nitrogens with zero attached hydrogens (tertiary/aromatic N) is 1. The second kappa shape index (κ2) is 7.74. The van der Waals surface area contributed by atoms with E-state index in [-0.39, 0.29) is 17.0 Å². The van der Waals surface area contributed by atoms with Gasteiger partial charge in [-0.25, -0.2) is 13.8 Å². The summed E-state index contributed by atoms with van der Waals surface area (Å²) in [6.07, 6.45) is 1.36. The SMILES string of the molecule is CC(=O)c1ccc(Nc2ccc(C(=O)Nc3ccc(F)c(F)c3)cn2)cc1. The second-order valence-corrected chi connectivity index (χ2v) is 5.77. The molecule has 7 heteroatoms. The molecule has 3 rings (SSSR count). The Kier molecular flexibility index (Phi) is 5.21. The van der Waals surface area contributed by atoms with Gasteiger partial charge < -0.3 is 10.6 Å². The van der Waals surface area contributed by atoms with E-state index in [2.05, 4.69) is 15.6 Å². The fraction of sp³-hybridized carbons (Fsp3) is 0.0500. The zero-order valence-electron chi connectivity index (χ0n) is 14.3. The van der Waals surface area contributed by atoms with Crippen molar-refractivity contribution in [3.63, 3.8) is 0 Å². The Labute approximate surface area is 154 Å². The van der Waals surface area contributed by atoms with Crippen LogP contribution in [0.5, 0.6) is 0 Å². The van der Waals surface area contributed by atoms with Crippen LogP contribution in [-0.2, 0) is 0 Å². The number of benzene rings is 2. The molecule has 0 aliphatic heterocycles. The summed E-state index contributed by atoms with van der Waals surface area (Å²) >= 11 is 0. The van der Waals surface area contributed by atoms with Crippen LogP contribution in [0.4, 0.5) is 26.0 Å². The number of hydrogen-bond donors (Lipinski definition) is 2. The molecule has 1 aromatic heterocycles. The molecule has 0 aliphatic carbocycles. The highest BCUT2D eigenvalue weighted by molar-refractivity contribution is 6.04. The average molecular weight is 367 g/mol. The molecule has 0 atom stereocenters. The number of carbonyl (C=O) groups is 2. The monoisotopic (exact) mass is 367 g/mol. The summed E-state index contributed by atoms with van der Waals surface area (Å²) in [4.78, 5) is 27.6. The van der Waals surface area contributed by atoms with Gasteiger partial charge in [0.05, 0.1) is 5.56 Å². The van der Waals surface area contributed by atoms with Crippen molar-refractivity contribution < 1.29 is 18.4 Å². The molecule has 1 heterocycles. The van der Waals surface area contributed by atoms with Crippen molar-refractivity contribution in [3.8, 4) is 0 Å². The molecule has 0 aliphatic rings.